The predicted octanol–water partition coefficient (Wildman–Crippen LogP) is 5.42. The molecule has 1 saturated heterocycles. The number of piperidine rings is 1. The largest absolute Gasteiger partial charge is 0.416 e. The lowest BCUT2D eigenvalue weighted by Crippen LogP contribution is -2.62. The van der Waals surface area contributed by atoms with Gasteiger partial charge in [0.05, 0.1) is 34.9 Å². The van der Waals surface area contributed by atoms with E-state index in [1.165, 1.54) is 6.92 Å². The van der Waals surface area contributed by atoms with E-state index < -0.39 is 40.7 Å². The van der Waals surface area contributed by atoms with Crippen molar-refractivity contribution in [2.24, 2.45) is 5.73 Å². The van der Waals surface area contributed by atoms with Crippen LogP contribution in [0.15, 0.2) is 42.0 Å². The van der Waals surface area contributed by atoms with Crippen LogP contribution in [-0.4, -0.2) is 36.2 Å². The second-order valence-corrected chi connectivity index (χ2v) is 10.3. The van der Waals surface area contributed by atoms with Crippen LogP contribution in [-0.2, 0) is 21.9 Å². The molecule has 2 aliphatic rings. The molecule has 0 unspecified atom stereocenters. The molecule has 11 heteroatoms. The Morgan fingerprint density at radius 1 is 1.16 bits per heavy atom. The van der Waals surface area contributed by atoms with Gasteiger partial charge >= 0.3 is 12.4 Å². The normalized spacial score (nSPS) is 23.9. The van der Waals surface area contributed by atoms with Crippen molar-refractivity contribution in [3.63, 3.8) is 0 Å². The summed E-state index contributed by atoms with van der Waals surface area (Å²) in [5.41, 5.74) is 2.23. The molecule has 0 radical (unpaired) electrons. The SMILES string of the molecule is C[C@@H](OC[C@@]1(C2=CC=CCC2)CC[C@H](NC(=O)C(C)(C)N)CN1)c1cc(C(F)(F)F)cc(C(F)(F)F)c1. The summed E-state index contributed by atoms with van der Waals surface area (Å²) >= 11 is 0. The van der Waals surface area contributed by atoms with Crippen molar-refractivity contribution < 1.29 is 35.9 Å². The number of nitrogens with one attached hydrogen (secondary N) is 2. The number of benzene rings is 1. The van der Waals surface area contributed by atoms with Crippen molar-refractivity contribution in [1.82, 2.24) is 10.6 Å². The smallest absolute Gasteiger partial charge is 0.372 e. The lowest BCUT2D eigenvalue weighted by atomic mass is 9.78. The summed E-state index contributed by atoms with van der Waals surface area (Å²) in [7, 11) is 0. The average Bonchev–Trinajstić information content (AvgIpc) is 2.82. The minimum atomic E-state index is -4.93. The molecule has 0 aromatic heterocycles. The zero-order valence-corrected chi connectivity index (χ0v) is 21.0. The first-order chi connectivity index (χ1) is 17.0. The average molecular weight is 534 g/mol. The minimum Gasteiger partial charge on any atom is -0.372 e. The van der Waals surface area contributed by atoms with Crippen LogP contribution in [0.2, 0.25) is 0 Å². The maximum atomic E-state index is 13.3. The number of rotatable bonds is 7. The van der Waals surface area contributed by atoms with Crippen LogP contribution in [0.25, 0.3) is 0 Å². The van der Waals surface area contributed by atoms with Crippen molar-refractivity contribution in [3.8, 4) is 0 Å². The van der Waals surface area contributed by atoms with Gasteiger partial charge in [0.1, 0.15) is 0 Å². The lowest BCUT2D eigenvalue weighted by molar-refractivity contribution is -0.143. The van der Waals surface area contributed by atoms with E-state index in [0.29, 0.717) is 31.5 Å². The molecular formula is C26H33F6N3O2. The van der Waals surface area contributed by atoms with Crippen LogP contribution in [0.5, 0.6) is 0 Å². The Bertz CT molecular complexity index is 1000. The van der Waals surface area contributed by atoms with Crippen LogP contribution < -0.4 is 16.4 Å². The summed E-state index contributed by atoms with van der Waals surface area (Å²) in [4.78, 5) is 12.3. The molecule has 0 spiro atoms. The number of hydrogen-bond acceptors (Lipinski definition) is 4. The number of allylic oxidation sites excluding steroid dienone is 3. The Morgan fingerprint density at radius 3 is 2.24 bits per heavy atom. The Balaban J connectivity index is 1.80. The number of alkyl halides is 6. The number of amides is 1. The Morgan fingerprint density at radius 2 is 1.78 bits per heavy atom. The van der Waals surface area contributed by atoms with Gasteiger partial charge in [-0.25, -0.2) is 0 Å². The highest BCUT2D eigenvalue weighted by Gasteiger charge is 2.41. The third-order valence-electron chi connectivity index (χ3n) is 6.81. The van der Waals surface area contributed by atoms with E-state index in [4.69, 9.17) is 10.5 Å². The zero-order chi connectivity index (χ0) is 27.6. The van der Waals surface area contributed by atoms with Gasteiger partial charge in [-0.2, -0.15) is 26.3 Å². The minimum absolute atomic E-state index is 0.0362. The Labute approximate surface area is 212 Å². The van der Waals surface area contributed by atoms with Crippen LogP contribution >= 0.6 is 0 Å². The summed E-state index contributed by atoms with van der Waals surface area (Å²) in [6.45, 7) is 5.09. The molecule has 206 valence electrons. The Kier molecular flexibility index (Phi) is 8.51. The number of carbonyl (C=O) groups excluding carboxylic acids is 1. The fraction of sp³-hybridized carbons (Fsp3) is 0.577. The monoisotopic (exact) mass is 533 g/mol. The fourth-order valence-electron chi connectivity index (χ4n) is 4.49. The van der Waals surface area contributed by atoms with E-state index in [0.717, 1.165) is 18.4 Å². The third kappa shape index (κ3) is 7.36. The lowest BCUT2D eigenvalue weighted by Gasteiger charge is -2.44. The zero-order valence-electron chi connectivity index (χ0n) is 21.0. The summed E-state index contributed by atoms with van der Waals surface area (Å²) in [5.74, 6) is -0.290. The summed E-state index contributed by atoms with van der Waals surface area (Å²) < 4.78 is 85.8. The van der Waals surface area contributed by atoms with Gasteiger partial charge < -0.3 is 21.1 Å². The van der Waals surface area contributed by atoms with E-state index in [1.807, 2.05) is 18.2 Å². The molecule has 1 fully saturated rings. The molecule has 1 aromatic carbocycles. The molecule has 1 aromatic rings. The molecule has 1 aliphatic carbocycles. The van der Waals surface area contributed by atoms with Crippen molar-refractivity contribution in [3.05, 3.63) is 58.7 Å². The van der Waals surface area contributed by atoms with Gasteiger partial charge in [-0.1, -0.05) is 18.2 Å². The molecule has 0 bridgehead atoms. The van der Waals surface area contributed by atoms with Crippen molar-refractivity contribution >= 4 is 5.91 Å². The van der Waals surface area contributed by atoms with E-state index in [2.05, 4.69) is 10.6 Å². The number of carbonyl (C=O) groups is 1. The van der Waals surface area contributed by atoms with Crippen LogP contribution in [0.4, 0.5) is 26.3 Å². The van der Waals surface area contributed by atoms with E-state index in [-0.39, 0.29) is 30.2 Å². The molecule has 5 nitrogen and oxygen atoms in total. The van der Waals surface area contributed by atoms with Gasteiger partial charge in [-0.15, -0.1) is 0 Å². The van der Waals surface area contributed by atoms with Crippen LogP contribution in [0.1, 0.15) is 69.2 Å². The third-order valence-corrected chi connectivity index (χ3v) is 6.81. The van der Waals surface area contributed by atoms with E-state index in [1.54, 1.807) is 13.8 Å². The van der Waals surface area contributed by atoms with Gasteiger partial charge in [0.15, 0.2) is 0 Å². The number of hydrogen-bond donors (Lipinski definition) is 3. The molecule has 0 saturated carbocycles. The second-order valence-electron chi connectivity index (χ2n) is 10.3. The summed E-state index contributed by atoms with van der Waals surface area (Å²) in [6.07, 6.45) is -2.34. The number of halogens is 6. The van der Waals surface area contributed by atoms with Gasteiger partial charge in [-0.05, 0) is 75.8 Å². The van der Waals surface area contributed by atoms with Gasteiger partial charge in [-0.3, -0.25) is 4.79 Å². The molecule has 37 heavy (non-hydrogen) atoms. The number of nitrogens with two attached hydrogens (primary N) is 1. The highest BCUT2D eigenvalue weighted by molar-refractivity contribution is 5.85. The van der Waals surface area contributed by atoms with Gasteiger partial charge in [0.25, 0.3) is 0 Å². The van der Waals surface area contributed by atoms with Crippen LogP contribution in [0, 0.1) is 0 Å². The highest BCUT2D eigenvalue weighted by atomic mass is 19.4. The van der Waals surface area contributed by atoms with Crippen molar-refractivity contribution in [2.45, 2.75) is 82.0 Å². The summed E-state index contributed by atoms with van der Waals surface area (Å²) in [6, 6.07) is 1.32. The van der Waals surface area contributed by atoms with Gasteiger partial charge in [0.2, 0.25) is 5.91 Å². The maximum absolute atomic E-state index is 13.3. The molecular weight excluding hydrogens is 500 g/mol. The molecule has 3 rings (SSSR count). The maximum Gasteiger partial charge on any atom is 0.416 e. The molecule has 3 atom stereocenters. The highest BCUT2D eigenvalue weighted by Crippen LogP contribution is 2.39. The van der Waals surface area contributed by atoms with Crippen molar-refractivity contribution in [1.29, 1.82) is 0 Å². The second kappa shape index (κ2) is 10.8. The topological polar surface area (TPSA) is 76.4 Å². The standard InChI is InChI=1S/C26H33F6N3O2/c1-16(17-11-19(25(27,28)29)13-20(12-17)26(30,31)32)37-15-24(18-7-5-4-6-8-18)10-9-21(14-34-24)35-22(36)23(2,3)33/h4-5,7,11-13,16,21,34H,6,8-10,14-15,33H2,1-3H3,(H,35,36)/t16-,21+,24-/m1/s1. The van der Waals surface area contributed by atoms with E-state index in [9.17, 15) is 31.1 Å². The predicted molar refractivity (Wildman–Crippen MR) is 127 cm³/mol. The summed E-state index contributed by atoms with van der Waals surface area (Å²) in [5, 5.41) is 6.36. The fourth-order valence-corrected chi connectivity index (χ4v) is 4.49. The molecule has 1 amide bonds. The first kappa shape index (κ1) is 29.2. The first-order valence-electron chi connectivity index (χ1n) is 12.1. The van der Waals surface area contributed by atoms with Crippen molar-refractivity contribution in [2.75, 3.05) is 13.2 Å². The quantitative estimate of drug-likeness (QED) is 0.409. The van der Waals surface area contributed by atoms with Gasteiger partial charge in [0, 0.05) is 12.6 Å². The van der Waals surface area contributed by atoms with E-state index >= 15 is 0 Å². The molecule has 1 heterocycles. The van der Waals surface area contributed by atoms with Crippen LogP contribution in [0.3, 0.4) is 0 Å². The number of ether oxygens (including phenoxy) is 1. The first-order valence-corrected chi connectivity index (χ1v) is 12.1. The molecule has 1 aliphatic heterocycles. The molecule has 4 N–H and O–H groups in total. The Hall–Kier alpha value is -2.37.